The third-order valence-corrected chi connectivity index (χ3v) is 2.24. The number of halogens is 3. The summed E-state index contributed by atoms with van der Waals surface area (Å²) in [5, 5.41) is 7.04. The molecule has 0 saturated carbocycles. The zero-order valence-corrected chi connectivity index (χ0v) is 7.90. The number of carbonyl (C=O) groups excluding carboxylic acids is 1. The Bertz CT molecular complexity index is 423. The second-order valence-corrected chi connectivity index (χ2v) is 3.39. The van der Waals surface area contributed by atoms with Gasteiger partial charge in [-0.25, -0.2) is 0 Å². The second-order valence-electron chi connectivity index (χ2n) is 3.39. The van der Waals surface area contributed by atoms with Crippen molar-refractivity contribution >= 4 is 5.91 Å². The van der Waals surface area contributed by atoms with Crippen LogP contribution in [0.5, 0.6) is 0 Å². The van der Waals surface area contributed by atoms with E-state index in [1.807, 2.05) is 0 Å². The summed E-state index contributed by atoms with van der Waals surface area (Å²) in [6, 6.07) is -0.834. The highest BCUT2D eigenvalue weighted by atomic mass is 19.4. The molecule has 0 saturated heterocycles. The summed E-state index contributed by atoms with van der Waals surface area (Å²) in [7, 11) is 0. The maximum Gasteiger partial charge on any atom is 0.473 e. The fourth-order valence-corrected chi connectivity index (χ4v) is 1.49. The number of nitrogens with two attached hydrogens (primary N) is 1. The number of fused-ring (bicyclic) bond motifs is 1. The lowest BCUT2D eigenvalue weighted by atomic mass is 10.0. The number of carbonyl (C=O) groups is 1. The Morgan fingerprint density at radius 3 is 2.81 bits per heavy atom. The molecule has 1 aliphatic carbocycles. The highest BCUT2D eigenvalue weighted by Crippen LogP contribution is 2.32. The lowest BCUT2D eigenvalue weighted by molar-refractivity contribution is -0.186. The quantitative estimate of drug-likeness (QED) is 0.682. The van der Waals surface area contributed by atoms with Gasteiger partial charge in [-0.15, -0.1) is 5.11 Å². The lowest BCUT2D eigenvalue weighted by Gasteiger charge is -2.23. The van der Waals surface area contributed by atoms with E-state index in [2.05, 4.69) is 10.3 Å². The van der Waals surface area contributed by atoms with Gasteiger partial charge in [-0.2, -0.15) is 18.2 Å². The molecule has 0 unspecified atom stereocenters. The topological polar surface area (TPSA) is 71.0 Å². The molecule has 16 heavy (non-hydrogen) atoms. The first-order chi connectivity index (χ1) is 7.39. The largest absolute Gasteiger partial charge is 0.473 e. The summed E-state index contributed by atoms with van der Waals surface area (Å²) in [5.74, 6) is -2.03. The summed E-state index contributed by atoms with van der Waals surface area (Å²) < 4.78 is 36.6. The van der Waals surface area contributed by atoms with Gasteiger partial charge in [0.15, 0.2) is 0 Å². The average Bonchev–Trinajstić information content (AvgIpc) is 2.57. The molecule has 0 aromatic carbocycles. The third-order valence-electron chi connectivity index (χ3n) is 2.24. The number of allylic oxidation sites excluding steroid dienone is 2. The van der Waals surface area contributed by atoms with Crippen molar-refractivity contribution in [3.63, 3.8) is 0 Å². The zero-order chi connectivity index (χ0) is 11.9. The number of amides is 1. The van der Waals surface area contributed by atoms with E-state index in [-0.39, 0.29) is 6.42 Å². The van der Waals surface area contributed by atoms with Crippen molar-refractivity contribution in [1.82, 2.24) is 5.01 Å². The van der Waals surface area contributed by atoms with Gasteiger partial charge in [0, 0.05) is 12.1 Å². The molecular weight excluding hydrogens is 225 g/mol. The monoisotopic (exact) mass is 232 g/mol. The number of nitrogens with zero attached hydrogens (tertiary/aromatic N) is 3. The standard InChI is InChI=1S/C8H7F3N4O/c9-8(10,11)7(16)15-6-3-4(12)1-2-5(6)13-14-15/h1-2,6H,3,12H2/t6-/m0/s1. The van der Waals surface area contributed by atoms with Crippen LogP contribution in [0.3, 0.4) is 0 Å². The Hall–Kier alpha value is -1.86. The van der Waals surface area contributed by atoms with Gasteiger partial charge in [-0.1, -0.05) is 5.22 Å². The molecule has 2 N–H and O–H groups in total. The predicted molar refractivity (Wildman–Crippen MR) is 46.5 cm³/mol. The second kappa shape index (κ2) is 3.32. The van der Waals surface area contributed by atoms with Gasteiger partial charge in [0.25, 0.3) is 0 Å². The van der Waals surface area contributed by atoms with Crippen LogP contribution in [0.1, 0.15) is 6.42 Å². The van der Waals surface area contributed by atoms with E-state index in [4.69, 9.17) is 5.73 Å². The molecule has 0 spiro atoms. The molecule has 1 amide bonds. The fraction of sp³-hybridized carbons (Fsp3) is 0.375. The lowest BCUT2D eigenvalue weighted by Crippen LogP contribution is -2.43. The first-order valence-electron chi connectivity index (χ1n) is 4.38. The van der Waals surface area contributed by atoms with Gasteiger partial charge in [-0.05, 0) is 12.2 Å². The van der Waals surface area contributed by atoms with E-state index in [9.17, 15) is 18.0 Å². The molecular formula is C8H7F3N4O. The van der Waals surface area contributed by atoms with Crippen molar-refractivity contribution in [3.8, 4) is 0 Å². The molecule has 0 radical (unpaired) electrons. The molecule has 8 heteroatoms. The van der Waals surface area contributed by atoms with Crippen molar-refractivity contribution in [2.24, 2.45) is 16.1 Å². The first-order valence-corrected chi connectivity index (χ1v) is 4.38. The Labute approximate surface area is 88.1 Å². The molecule has 0 aromatic rings. The number of hydrogen-bond acceptors (Lipinski definition) is 4. The van der Waals surface area contributed by atoms with Gasteiger partial charge in [0.2, 0.25) is 0 Å². The van der Waals surface area contributed by atoms with E-state index in [0.29, 0.717) is 16.4 Å². The van der Waals surface area contributed by atoms with Crippen LogP contribution < -0.4 is 5.73 Å². The van der Waals surface area contributed by atoms with E-state index < -0.39 is 18.1 Å². The Kier molecular flexibility index (Phi) is 2.21. The molecule has 0 aromatic heterocycles. The van der Waals surface area contributed by atoms with Gasteiger partial charge >= 0.3 is 12.1 Å². The highest BCUT2D eigenvalue weighted by Gasteiger charge is 2.48. The van der Waals surface area contributed by atoms with Crippen LogP contribution in [0, 0.1) is 0 Å². The van der Waals surface area contributed by atoms with Crippen molar-refractivity contribution in [1.29, 1.82) is 0 Å². The molecule has 0 bridgehead atoms. The fourth-order valence-electron chi connectivity index (χ4n) is 1.49. The summed E-state index contributed by atoms with van der Waals surface area (Å²) in [6.07, 6.45) is -1.85. The molecule has 86 valence electrons. The Morgan fingerprint density at radius 1 is 1.50 bits per heavy atom. The van der Waals surface area contributed by atoms with Crippen LogP contribution in [-0.4, -0.2) is 23.1 Å². The Morgan fingerprint density at radius 2 is 2.19 bits per heavy atom. The molecule has 0 fully saturated rings. The van der Waals surface area contributed by atoms with E-state index in [0.717, 1.165) is 0 Å². The van der Waals surface area contributed by atoms with E-state index >= 15 is 0 Å². The van der Waals surface area contributed by atoms with Gasteiger partial charge in [0.05, 0.1) is 5.70 Å². The minimum absolute atomic E-state index is 0.112. The van der Waals surface area contributed by atoms with E-state index in [1.54, 1.807) is 0 Å². The highest BCUT2D eigenvalue weighted by molar-refractivity contribution is 5.82. The zero-order valence-electron chi connectivity index (χ0n) is 7.90. The minimum atomic E-state index is -4.95. The average molecular weight is 232 g/mol. The number of rotatable bonds is 0. The van der Waals surface area contributed by atoms with Crippen molar-refractivity contribution in [2.45, 2.75) is 18.6 Å². The Balaban J connectivity index is 2.23. The van der Waals surface area contributed by atoms with Crippen LogP contribution in [0.15, 0.2) is 33.9 Å². The number of alkyl halides is 3. The van der Waals surface area contributed by atoms with Crippen molar-refractivity contribution < 1.29 is 18.0 Å². The summed E-state index contributed by atoms with van der Waals surface area (Å²) in [5.41, 5.74) is 6.18. The third kappa shape index (κ3) is 1.66. The minimum Gasteiger partial charge on any atom is -0.402 e. The van der Waals surface area contributed by atoms with Gasteiger partial charge in [-0.3, -0.25) is 4.79 Å². The molecule has 1 heterocycles. The summed E-state index contributed by atoms with van der Waals surface area (Å²) in [4.78, 5) is 11.0. The molecule has 2 aliphatic rings. The maximum absolute atomic E-state index is 12.2. The molecule has 2 rings (SSSR count). The molecule has 5 nitrogen and oxygen atoms in total. The van der Waals surface area contributed by atoms with Crippen molar-refractivity contribution in [3.05, 3.63) is 23.5 Å². The van der Waals surface area contributed by atoms with Crippen LogP contribution >= 0.6 is 0 Å². The van der Waals surface area contributed by atoms with Gasteiger partial charge in [0.1, 0.15) is 6.04 Å². The number of hydrogen-bond donors (Lipinski definition) is 1. The van der Waals surface area contributed by atoms with Crippen molar-refractivity contribution in [2.75, 3.05) is 0 Å². The van der Waals surface area contributed by atoms with Crippen LogP contribution in [-0.2, 0) is 4.79 Å². The summed E-state index contributed by atoms with van der Waals surface area (Å²) in [6.45, 7) is 0. The SMILES string of the molecule is NC1=CC=C2N=NN(C(=O)C(F)(F)F)[C@H]2C1. The van der Waals surface area contributed by atoms with Gasteiger partial charge < -0.3 is 5.73 Å². The predicted octanol–water partition coefficient (Wildman–Crippen LogP) is 1.26. The first kappa shape index (κ1) is 10.7. The van der Waals surface area contributed by atoms with Crippen LogP contribution in [0.25, 0.3) is 0 Å². The maximum atomic E-state index is 12.2. The molecule has 1 atom stereocenters. The van der Waals surface area contributed by atoms with E-state index in [1.165, 1.54) is 12.2 Å². The normalized spacial score (nSPS) is 23.9. The molecule has 1 aliphatic heterocycles. The smallest absolute Gasteiger partial charge is 0.402 e. The van der Waals surface area contributed by atoms with Crippen LogP contribution in [0.2, 0.25) is 0 Å². The van der Waals surface area contributed by atoms with Crippen LogP contribution in [0.4, 0.5) is 13.2 Å². The summed E-state index contributed by atoms with van der Waals surface area (Å²) >= 11 is 0.